The van der Waals surface area contributed by atoms with Gasteiger partial charge < -0.3 is 9.84 Å². The summed E-state index contributed by atoms with van der Waals surface area (Å²) in [5, 5.41) is 19.0. The minimum atomic E-state index is -1.05. The zero-order valence-electron chi connectivity index (χ0n) is 19.0. The van der Waals surface area contributed by atoms with Gasteiger partial charge in [0.1, 0.15) is 17.6 Å². The van der Waals surface area contributed by atoms with Gasteiger partial charge in [0.25, 0.3) is 0 Å². The number of hydrogen-bond donors (Lipinski definition) is 1. The Morgan fingerprint density at radius 1 is 1.21 bits per heavy atom. The van der Waals surface area contributed by atoms with Crippen molar-refractivity contribution in [2.75, 3.05) is 7.11 Å². The Labute approximate surface area is 192 Å². The van der Waals surface area contributed by atoms with E-state index in [-0.39, 0.29) is 17.5 Å². The Morgan fingerprint density at radius 3 is 2.67 bits per heavy atom. The van der Waals surface area contributed by atoms with Gasteiger partial charge >= 0.3 is 0 Å². The van der Waals surface area contributed by atoms with Crippen LogP contribution in [-0.4, -0.2) is 38.6 Å². The van der Waals surface area contributed by atoms with Crippen LogP contribution in [0.1, 0.15) is 32.4 Å². The summed E-state index contributed by atoms with van der Waals surface area (Å²) in [7, 11) is 1.55. The molecule has 3 aromatic rings. The summed E-state index contributed by atoms with van der Waals surface area (Å²) in [6.45, 7) is 8.01. The smallest absolute Gasteiger partial charge is 0.213 e. The van der Waals surface area contributed by atoms with Gasteiger partial charge in [0, 0.05) is 23.6 Å². The van der Waals surface area contributed by atoms with Gasteiger partial charge in [0.05, 0.1) is 18.9 Å². The van der Waals surface area contributed by atoms with Crippen LogP contribution >= 0.6 is 0 Å². The number of phenolic OH excluding ortho intramolecular Hbond substituents is 1. The van der Waals surface area contributed by atoms with Crippen molar-refractivity contribution in [1.29, 1.82) is 0 Å². The highest BCUT2D eigenvalue weighted by Crippen LogP contribution is 2.44. The summed E-state index contributed by atoms with van der Waals surface area (Å²) in [4.78, 5) is 8.47. The summed E-state index contributed by atoms with van der Waals surface area (Å²) in [6, 6.07) is 8.84. The van der Waals surface area contributed by atoms with Crippen LogP contribution in [0.25, 0.3) is 28.1 Å². The molecule has 0 amide bonds. The number of ether oxygens (including phenoxy) is 1. The van der Waals surface area contributed by atoms with Gasteiger partial charge in [-0.15, -0.1) is 10.2 Å². The largest absolute Gasteiger partial charge is 0.507 e. The SMILES string of the molecule is C=C(c1cnc(-c2ccc(-c3ccnc(OC)c3)cc2O)nn1)[C@@H]1CC=C[C@](C)(CC)[C@@H]1F. The molecule has 2 aromatic heterocycles. The van der Waals surface area contributed by atoms with Gasteiger partial charge in [0.15, 0.2) is 5.82 Å². The maximum atomic E-state index is 15.2. The fourth-order valence-electron chi connectivity index (χ4n) is 4.12. The second-order valence-corrected chi connectivity index (χ2v) is 8.52. The van der Waals surface area contributed by atoms with Gasteiger partial charge in [0.2, 0.25) is 5.88 Å². The third-order valence-corrected chi connectivity index (χ3v) is 6.49. The highest BCUT2D eigenvalue weighted by molar-refractivity contribution is 5.73. The van der Waals surface area contributed by atoms with E-state index in [2.05, 4.69) is 26.7 Å². The number of allylic oxidation sites excluding steroid dienone is 3. The van der Waals surface area contributed by atoms with Crippen molar-refractivity contribution in [1.82, 2.24) is 20.2 Å². The molecule has 6 nitrogen and oxygen atoms in total. The molecule has 1 aromatic carbocycles. The van der Waals surface area contributed by atoms with Crippen molar-refractivity contribution >= 4 is 5.57 Å². The number of hydrogen-bond acceptors (Lipinski definition) is 6. The molecule has 0 saturated carbocycles. The average Bonchev–Trinajstić information content (AvgIpc) is 2.85. The normalized spacial score (nSPS) is 22.2. The Bertz CT molecular complexity index is 1200. The average molecular weight is 447 g/mol. The van der Waals surface area contributed by atoms with Crippen molar-refractivity contribution < 1.29 is 14.2 Å². The second-order valence-electron chi connectivity index (χ2n) is 8.52. The number of halogens is 1. The summed E-state index contributed by atoms with van der Waals surface area (Å²) in [6.07, 6.45) is 7.39. The van der Waals surface area contributed by atoms with Crippen molar-refractivity contribution in [3.8, 4) is 34.1 Å². The van der Waals surface area contributed by atoms with E-state index in [0.29, 0.717) is 35.6 Å². The molecule has 0 aliphatic heterocycles. The third kappa shape index (κ3) is 4.35. The van der Waals surface area contributed by atoms with Crippen LogP contribution < -0.4 is 4.74 Å². The van der Waals surface area contributed by atoms with Crippen molar-refractivity contribution in [2.45, 2.75) is 32.9 Å². The van der Waals surface area contributed by atoms with Crippen molar-refractivity contribution in [3.63, 3.8) is 0 Å². The molecule has 0 radical (unpaired) electrons. The van der Waals surface area contributed by atoms with Crippen LogP contribution in [0.2, 0.25) is 0 Å². The van der Waals surface area contributed by atoms with E-state index in [0.717, 1.165) is 11.1 Å². The van der Waals surface area contributed by atoms with Gasteiger partial charge in [-0.1, -0.05) is 38.6 Å². The minimum Gasteiger partial charge on any atom is -0.507 e. The maximum Gasteiger partial charge on any atom is 0.213 e. The molecule has 0 saturated heterocycles. The molecule has 1 N–H and O–H groups in total. The predicted octanol–water partition coefficient (Wildman–Crippen LogP) is 5.66. The first-order chi connectivity index (χ1) is 15.9. The third-order valence-electron chi connectivity index (χ3n) is 6.49. The number of phenols is 1. The van der Waals surface area contributed by atoms with Crippen LogP contribution in [0.15, 0.2) is 61.5 Å². The summed E-state index contributed by atoms with van der Waals surface area (Å²) in [5.74, 6) is 0.424. The van der Waals surface area contributed by atoms with Gasteiger partial charge in [-0.05, 0) is 47.7 Å². The van der Waals surface area contributed by atoms with E-state index in [1.165, 1.54) is 0 Å². The van der Waals surface area contributed by atoms with E-state index < -0.39 is 11.6 Å². The molecule has 0 fully saturated rings. The Morgan fingerprint density at radius 2 is 2.00 bits per heavy atom. The fraction of sp³-hybridized carbons (Fsp3) is 0.308. The lowest BCUT2D eigenvalue weighted by molar-refractivity contribution is 0.118. The molecule has 170 valence electrons. The summed E-state index contributed by atoms with van der Waals surface area (Å²) < 4.78 is 20.4. The van der Waals surface area contributed by atoms with Gasteiger partial charge in [-0.25, -0.2) is 14.4 Å². The Hall–Kier alpha value is -3.61. The van der Waals surface area contributed by atoms with Crippen LogP contribution in [0.3, 0.4) is 0 Å². The molecule has 7 heteroatoms. The number of benzene rings is 1. The molecular formula is C26H27FN4O2. The standard InChI is InChI=1S/C26H27FN4O2/c1-5-26(3)11-6-7-19(24(26)27)16(2)21-15-29-25(31-30-21)20-9-8-17(13-22(20)32)18-10-12-28-23(14-18)33-4/h6,8-15,19,24,32H,2,5,7H2,1,3-4H3/t19-,24+,26-/m0/s1. The molecule has 0 unspecified atom stereocenters. The highest BCUT2D eigenvalue weighted by atomic mass is 19.1. The molecule has 1 aliphatic carbocycles. The first-order valence-corrected chi connectivity index (χ1v) is 10.9. The quantitative estimate of drug-likeness (QED) is 0.492. The molecule has 3 atom stereocenters. The summed E-state index contributed by atoms with van der Waals surface area (Å²) >= 11 is 0. The van der Waals surface area contributed by atoms with E-state index in [9.17, 15) is 5.11 Å². The molecular weight excluding hydrogens is 419 g/mol. The minimum absolute atomic E-state index is 0.0246. The topological polar surface area (TPSA) is 81.0 Å². The number of aromatic nitrogens is 4. The molecule has 1 aliphatic rings. The van der Waals surface area contributed by atoms with Crippen LogP contribution in [0, 0.1) is 11.3 Å². The lowest BCUT2D eigenvalue weighted by atomic mass is 9.70. The fourth-order valence-corrected chi connectivity index (χ4v) is 4.12. The lowest BCUT2D eigenvalue weighted by Gasteiger charge is -2.37. The predicted molar refractivity (Wildman–Crippen MR) is 126 cm³/mol. The van der Waals surface area contributed by atoms with Crippen LogP contribution in [0.5, 0.6) is 11.6 Å². The van der Waals surface area contributed by atoms with E-state index in [1.807, 2.05) is 38.1 Å². The molecule has 2 heterocycles. The van der Waals surface area contributed by atoms with Gasteiger partial charge in [-0.2, -0.15) is 0 Å². The number of alkyl halides is 1. The Balaban J connectivity index is 1.56. The number of rotatable bonds is 6. The van der Waals surface area contributed by atoms with E-state index in [1.54, 1.807) is 37.7 Å². The van der Waals surface area contributed by atoms with E-state index in [4.69, 9.17) is 4.74 Å². The molecule has 0 spiro atoms. The zero-order chi connectivity index (χ0) is 23.6. The van der Waals surface area contributed by atoms with Crippen LogP contribution in [-0.2, 0) is 0 Å². The number of nitrogens with zero attached hydrogens (tertiary/aromatic N) is 4. The second kappa shape index (κ2) is 9.10. The Kier molecular flexibility index (Phi) is 6.22. The molecule has 33 heavy (non-hydrogen) atoms. The van der Waals surface area contributed by atoms with Crippen LogP contribution in [0.4, 0.5) is 4.39 Å². The summed E-state index contributed by atoms with van der Waals surface area (Å²) in [5.41, 5.74) is 2.64. The monoisotopic (exact) mass is 446 g/mol. The van der Waals surface area contributed by atoms with E-state index >= 15 is 4.39 Å². The van der Waals surface area contributed by atoms with Crippen molar-refractivity contribution in [2.24, 2.45) is 11.3 Å². The zero-order valence-corrected chi connectivity index (χ0v) is 19.0. The highest BCUT2D eigenvalue weighted by Gasteiger charge is 2.40. The molecule has 0 bridgehead atoms. The number of aromatic hydroxyl groups is 1. The first kappa shape index (κ1) is 22.6. The molecule has 4 rings (SSSR count). The number of pyridine rings is 1. The van der Waals surface area contributed by atoms with Gasteiger partial charge in [-0.3, -0.25) is 0 Å². The maximum absolute atomic E-state index is 15.2. The number of methoxy groups -OCH3 is 1. The lowest BCUT2D eigenvalue weighted by Crippen LogP contribution is -2.36. The first-order valence-electron chi connectivity index (χ1n) is 10.9. The van der Waals surface area contributed by atoms with Crippen molar-refractivity contribution in [3.05, 3.63) is 67.2 Å².